The third-order valence-electron chi connectivity index (χ3n) is 4.37. The van der Waals surface area contributed by atoms with Crippen molar-refractivity contribution >= 4 is 17.7 Å². The monoisotopic (exact) mass is 283 g/mol. The van der Waals surface area contributed by atoms with E-state index in [1.807, 2.05) is 30.5 Å². The zero-order valence-corrected chi connectivity index (χ0v) is 13.5. The number of nitrogens with zero attached hydrogens (tertiary/aromatic N) is 1. The lowest BCUT2D eigenvalue weighted by Crippen LogP contribution is -1.98. The zero-order chi connectivity index (χ0) is 15.5. The maximum atomic E-state index is 11.6. The van der Waals surface area contributed by atoms with Crippen LogP contribution >= 0.6 is 0 Å². The van der Waals surface area contributed by atoms with Crippen LogP contribution < -0.4 is 0 Å². The highest BCUT2D eigenvalue weighted by molar-refractivity contribution is 5.99. The van der Waals surface area contributed by atoms with Crippen LogP contribution in [0.15, 0.2) is 40.9 Å². The molecule has 1 aromatic rings. The number of Topliss-reactive ketones (excluding diaryl/α,β-unsaturated/α-hetero) is 1. The molecule has 0 aromatic heterocycles. The molecular formula is C19H25NO. The van der Waals surface area contributed by atoms with Crippen LogP contribution in [0.4, 0.5) is 5.69 Å². The molecular weight excluding hydrogens is 258 g/mol. The van der Waals surface area contributed by atoms with Gasteiger partial charge in [-0.2, -0.15) is 0 Å². The summed E-state index contributed by atoms with van der Waals surface area (Å²) in [5, 5.41) is 0. The molecule has 2 heteroatoms. The Labute approximate surface area is 128 Å². The largest absolute Gasteiger partial charge is 0.294 e. The SMILES string of the molecule is CC(=O)c1ccccc1/N=C/C1CC1(C)CCC=C(C)C. The van der Waals surface area contributed by atoms with Crippen molar-refractivity contribution in [2.24, 2.45) is 16.3 Å². The van der Waals surface area contributed by atoms with Gasteiger partial charge in [0.2, 0.25) is 0 Å². The number of para-hydroxylation sites is 1. The summed E-state index contributed by atoms with van der Waals surface area (Å²) in [7, 11) is 0. The highest BCUT2D eigenvalue weighted by atomic mass is 16.1. The van der Waals surface area contributed by atoms with Crippen LogP contribution in [0.3, 0.4) is 0 Å². The average Bonchev–Trinajstić information content (AvgIpc) is 3.07. The Morgan fingerprint density at radius 1 is 1.33 bits per heavy atom. The van der Waals surface area contributed by atoms with Crippen molar-refractivity contribution in [3.05, 3.63) is 41.5 Å². The highest BCUT2D eigenvalue weighted by Gasteiger charge is 2.47. The normalized spacial score (nSPS) is 24.1. The molecule has 0 aliphatic heterocycles. The van der Waals surface area contributed by atoms with Crippen LogP contribution in [0.2, 0.25) is 0 Å². The van der Waals surface area contributed by atoms with Gasteiger partial charge < -0.3 is 0 Å². The quantitative estimate of drug-likeness (QED) is 0.392. The van der Waals surface area contributed by atoms with Gasteiger partial charge in [0.1, 0.15) is 0 Å². The third kappa shape index (κ3) is 4.13. The van der Waals surface area contributed by atoms with Crippen molar-refractivity contribution in [3.63, 3.8) is 0 Å². The van der Waals surface area contributed by atoms with Gasteiger partial charge in [0.15, 0.2) is 5.78 Å². The van der Waals surface area contributed by atoms with Crippen LogP contribution in [-0.4, -0.2) is 12.0 Å². The van der Waals surface area contributed by atoms with Gasteiger partial charge in [0.05, 0.1) is 5.69 Å². The molecule has 0 N–H and O–H groups in total. The van der Waals surface area contributed by atoms with Gasteiger partial charge >= 0.3 is 0 Å². The number of allylic oxidation sites excluding steroid dienone is 2. The molecule has 1 fully saturated rings. The fourth-order valence-electron chi connectivity index (χ4n) is 2.71. The molecule has 1 aliphatic rings. The van der Waals surface area contributed by atoms with Crippen LogP contribution in [0.5, 0.6) is 0 Å². The molecule has 0 saturated heterocycles. The van der Waals surface area contributed by atoms with E-state index in [0.717, 1.165) is 12.1 Å². The molecule has 0 heterocycles. The molecule has 1 aromatic carbocycles. The number of hydrogen-bond donors (Lipinski definition) is 0. The van der Waals surface area contributed by atoms with Crippen molar-refractivity contribution in [2.75, 3.05) is 0 Å². The first-order valence-electron chi connectivity index (χ1n) is 7.70. The third-order valence-corrected chi connectivity index (χ3v) is 4.37. The van der Waals surface area contributed by atoms with Gasteiger partial charge in [0, 0.05) is 17.7 Å². The minimum atomic E-state index is 0.0740. The minimum absolute atomic E-state index is 0.0740. The van der Waals surface area contributed by atoms with Crippen molar-refractivity contribution in [2.45, 2.75) is 47.0 Å². The molecule has 21 heavy (non-hydrogen) atoms. The van der Waals surface area contributed by atoms with E-state index in [0.29, 0.717) is 16.9 Å². The van der Waals surface area contributed by atoms with Crippen molar-refractivity contribution in [1.82, 2.24) is 0 Å². The molecule has 1 saturated carbocycles. The Bertz CT molecular complexity index is 581. The summed E-state index contributed by atoms with van der Waals surface area (Å²) in [6.07, 6.45) is 7.92. The van der Waals surface area contributed by atoms with E-state index < -0.39 is 0 Å². The Morgan fingerprint density at radius 3 is 2.71 bits per heavy atom. The number of benzene rings is 1. The second kappa shape index (κ2) is 6.38. The Hall–Kier alpha value is -1.70. The standard InChI is InChI=1S/C19H25NO/c1-14(2)8-7-11-19(4)12-16(19)13-20-18-10-6-5-9-17(18)15(3)21/h5-6,8-10,13,16H,7,11-12H2,1-4H3/b20-13+. The highest BCUT2D eigenvalue weighted by Crippen LogP contribution is 2.54. The smallest absolute Gasteiger partial charge is 0.161 e. The van der Waals surface area contributed by atoms with Gasteiger partial charge in [-0.25, -0.2) is 0 Å². The van der Waals surface area contributed by atoms with E-state index in [-0.39, 0.29) is 5.78 Å². The lowest BCUT2D eigenvalue weighted by atomic mass is 9.99. The molecule has 1 aliphatic carbocycles. The van der Waals surface area contributed by atoms with Crippen LogP contribution in [0, 0.1) is 11.3 Å². The van der Waals surface area contributed by atoms with Crippen molar-refractivity contribution in [1.29, 1.82) is 0 Å². The van der Waals surface area contributed by atoms with Crippen LogP contribution in [0.1, 0.15) is 57.3 Å². The fraction of sp³-hybridized carbons (Fsp3) is 0.474. The van der Waals surface area contributed by atoms with Gasteiger partial charge in [-0.1, -0.05) is 30.7 Å². The van der Waals surface area contributed by atoms with E-state index in [2.05, 4.69) is 31.8 Å². The molecule has 112 valence electrons. The van der Waals surface area contributed by atoms with E-state index >= 15 is 0 Å². The first kappa shape index (κ1) is 15.7. The predicted molar refractivity (Wildman–Crippen MR) is 89.5 cm³/mol. The topological polar surface area (TPSA) is 29.4 Å². The van der Waals surface area contributed by atoms with Gasteiger partial charge in [-0.05, 0) is 57.6 Å². The number of ketones is 1. The molecule has 0 bridgehead atoms. The van der Waals surface area contributed by atoms with E-state index in [4.69, 9.17) is 0 Å². The maximum Gasteiger partial charge on any atom is 0.161 e. The lowest BCUT2D eigenvalue weighted by Gasteiger charge is -2.07. The number of hydrogen-bond acceptors (Lipinski definition) is 2. The Kier molecular flexibility index (Phi) is 4.76. The summed E-state index contributed by atoms with van der Waals surface area (Å²) in [5.74, 6) is 0.618. The lowest BCUT2D eigenvalue weighted by molar-refractivity contribution is 0.101. The molecule has 2 unspecified atom stereocenters. The van der Waals surface area contributed by atoms with Crippen LogP contribution in [-0.2, 0) is 0 Å². The first-order chi connectivity index (χ1) is 9.92. The van der Waals surface area contributed by atoms with Crippen molar-refractivity contribution < 1.29 is 4.79 Å². The second-order valence-corrected chi connectivity index (χ2v) is 6.64. The van der Waals surface area contributed by atoms with Gasteiger partial charge in [-0.15, -0.1) is 0 Å². The molecule has 2 rings (SSSR count). The summed E-state index contributed by atoms with van der Waals surface area (Å²) >= 11 is 0. The summed E-state index contributed by atoms with van der Waals surface area (Å²) in [6.45, 7) is 8.22. The summed E-state index contributed by atoms with van der Waals surface area (Å²) in [4.78, 5) is 16.1. The fourth-order valence-corrected chi connectivity index (χ4v) is 2.71. The number of rotatable bonds is 6. The summed E-state index contributed by atoms with van der Waals surface area (Å²) < 4.78 is 0. The van der Waals surface area contributed by atoms with Gasteiger partial charge in [0.25, 0.3) is 0 Å². The number of carbonyl (C=O) groups is 1. The van der Waals surface area contributed by atoms with Crippen molar-refractivity contribution in [3.8, 4) is 0 Å². The minimum Gasteiger partial charge on any atom is -0.294 e. The molecule has 0 amide bonds. The molecule has 0 radical (unpaired) electrons. The first-order valence-corrected chi connectivity index (χ1v) is 7.70. The van der Waals surface area contributed by atoms with E-state index in [9.17, 15) is 4.79 Å². The zero-order valence-electron chi connectivity index (χ0n) is 13.5. The number of aliphatic imine (C=N–C) groups is 1. The van der Waals surface area contributed by atoms with Crippen LogP contribution in [0.25, 0.3) is 0 Å². The second-order valence-electron chi connectivity index (χ2n) is 6.64. The van der Waals surface area contributed by atoms with E-state index in [1.54, 1.807) is 6.92 Å². The molecule has 2 atom stereocenters. The average molecular weight is 283 g/mol. The Balaban J connectivity index is 1.98. The number of carbonyl (C=O) groups excluding carboxylic acids is 1. The Morgan fingerprint density at radius 2 is 2.05 bits per heavy atom. The van der Waals surface area contributed by atoms with E-state index in [1.165, 1.54) is 18.4 Å². The summed E-state index contributed by atoms with van der Waals surface area (Å²) in [6, 6.07) is 7.57. The predicted octanol–water partition coefficient (Wildman–Crippen LogP) is 5.36. The maximum absolute atomic E-state index is 11.6. The molecule has 2 nitrogen and oxygen atoms in total. The summed E-state index contributed by atoms with van der Waals surface area (Å²) in [5.41, 5.74) is 3.28. The molecule has 0 spiro atoms. The van der Waals surface area contributed by atoms with Gasteiger partial charge in [-0.3, -0.25) is 9.79 Å².